The number of rotatable bonds is 3. The number of hydrogen-bond donors (Lipinski definition) is 1. The lowest BCUT2D eigenvalue weighted by atomic mass is 10.2. The number of benzene rings is 2. The van der Waals surface area contributed by atoms with E-state index >= 15 is 0 Å². The molecule has 1 N–H and O–H groups in total. The van der Waals surface area contributed by atoms with E-state index in [1.807, 2.05) is 89.8 Å². The van der Waals surface area contributed by atoms with Crippen molar-refractivity contribution in [1.29, 1.82) is 0 Å². The number of aliphatic imine (C=N–C) groups is 1. The molecule has 0 bridgehead atoms. The van der Waals surface area contributed by atoms with Crippen molar-refractivity contribution in [3.8, 4) is 5.69 Å². The Morgan fingerprint density at radius 3 is 2.36 bits per heavy atom. The highest BCUT2D eigenvalue weighted by molar-refractivity contribution is 8.18. The number of carbonyl (C=O) groups excluding carboxylic acids is 1. The van der Waals surface area contributed by atoms with E-state index in [9.17, 15) is 4.79 Å². The van der Waals surface area contributed by atoms with Crippen LogP contribution in [0.1, 0.15) is 5.56 Å². The molecule has 3 aromatic rings. The molecular formula is C20H15N3OS. The lowest BCUT2D eigenvalue weighted by molar-refractivity contribution is -0.115. The standard InChI is InChI=1S/C20H15N3OS/c24-19-18(25-20(22-19)21-16-6-2-1-3-7-16)14-15-8-10-17(11-9-15)23-12-4-5-13-23/h1-14H,(H,21,22,24)/b18-14-. The highest BCUT2D eigenvalue weighted by Gasteiger charge is 2.23. The zero-order valence-corrected chi connectivity index (χ0v) is 14.1. The molecule has 1 aliphatic heterocycles. The summed E-state index contributed by atoms with van der Waals surface area (Å²) in [6.07, 6.45) is 5.88. The van der Waals surface area contributed by atoms with Crippen molar-refractivity contribution in [2.45, 2.75) is 0 Å². The van der Waals surface area contributed by atoms with E-state index in [1.165, 1.54) is 11.8 Å². The molecule has 1 amide bonds. The van der Waals surface area contributed by atoms with E-state index in [4.69, 9.17) is 0 Å². The number of amidine groups is 1. The van der Waals surface area contributed by atoms with Crippen LogP contribution in [0.5, 0.6) is 0 Å². The fourth-order valence-corrected chi connectivity index (χ4v) is 3.34. The van der Waals surface area contributed by atoms with Crippen LogP contribution in [0.15, 0.2) is 89.0 Å². The van der Waals surface area contributed by atoms with Crippen LogP contribution >= 0.6 is 11.8 Å². The van der Waals surface area contributed by atoms with Gasteiger partial charge in [-0.25, -0.2) is 4.99 Å². The maximum absolute atomic E-state index is 12.1. The van der Waals surface area contributed by atoms with Gasteiger partial charge in [0.2, 0.25) is 0 Å². The van der Waals surface area contributed by atoms with Crippen molar-refractivity contribution in [2.75, 3.05) is 0 Å². The average molecular weight is 345 g/mol. The highest BCUT2D eigenvalue weighted by Crippen LogP contribution is 2.28. The topological polar surface area (TPSA) is 46.4 Å². The Hall–Kier alpha value is -3.05. The van der Waals surface area contributed by atoms with Gasteiger partial charge in [-0.1, -0.05) is 30.3 Å². The summed E-state index contributed by atoms with van der Waals surface area (Å²) in [6.45, 7) is 0. The molecule has 0 aliphatic carbocycles. The van der Waals surface area contributed by atoms with Gasteiger partial charge in [0, 0.05) is 18.1 Å². The maximum Gasteiger partial charge on any atom is 0.264 e. The quantitative estimate of drug-likeness (QED) is 0.717. The Labute approximate surface area is 149 Å². The molecule has 1 aromatic heterocycles. The van der Waals surface area contributed by atoms with E-state index in [0.717, 1.165) is 16.9 Å². The molecule has 1 aliphatic rings. The molecule has 0 unspecified atom stereocenters. The molecule has 2 aromatic carbocycles. The lowest BCUT2D eigenvalue weighted by Crippen LogP contribution is -2.19. The van der Waals surface area contributed by atoms with Crippen molar-refractivity contribution in [3.63, 3.8) is 0 Å². The van der Waals surface area contributed by atoms with Gasteiger partial charge in [0.1, 0.15) is 0 Å². The second-order valence-electron chi connectivity index (χ2n) is 5.50. The van der Waals surface area contributed by atoms with Gasteiger partial charge in [-0.05, 0) is 59.8 Å². The first-order valence-electron chi connectivity index (χ1n) is 7.86. The number of thioether (sulfide) groups is 1. The molecule has 2 heterocycles. The average Bonchev–Trinajstić information content (AvgIpc) is 3.27. The Morgan fingerprint density at radius 1 is 0.920 bits per heavy atom. The van der Waals surface area contributed by atoms with Crippen molar-refractivity contribution < 1.29 is 4.79 Å². The summed E-state index contributed by atoms with van der Waals surface area (Å²) < 4.78 is 2.04. The molecule has 0 saturated carbocycles. The van der Waals surface area contributed by atoms with E-state index in [-0.39, 0.29) is 5.91 Å². The second kappa shape index (κ2) is 6.83. The van der Waals surface area contributed by atoms with Gasteiger partial charge >= 0.3 is 0 Å². The lowest BCUT2D eigenvalue weighted by Gasteiger charge is -2.03. The molecule has 1 saturated heterocycles. The van der Waals surface area contributed by atoms with Crippen LogP contribution in [0.3, 0.4) is 0 Å². The third kappa shape index (κ3) is 3.56. The number of aromatic nitrogens is 1. The molecular weight excluding hydrogens is 330 g/mol. The van der Waals surface area contributed by atoms with Crippen molar-refractivity contribution in [2.24, 2.45) is 4.99 Å². The Bertz CT molecular complexity index is 942. The van der Waals surface area contributed by atoms with Gasteiger partial charge in [-0.3, -0.25) is 4.79 Å². The van der Waals surface area contributed by atoms with Crippen LogP contribution in [0.2, 0.25) is 0 Å². The van der Waals surface area contributed by atoms with Crippen LogP contribution in [-0.4, -0.2) is 15.6 Å². The summed E-state index contributed by atoms with van der Waals surface area (Å²) in [5, 5.41) is 3.41. The first-order chi connectivity index (χ1) is 12.3. The zero-order valence-electron chi connectivity index (χ0n) is 13.3. The third-order valence-electron chi connectivity index (χ3n) is 3.73. The Balaban J connectivity index is 1.53. The molecule has 4 rings (SSSR count). The van der Waals surface area contributed by atoms with Crippen molar-refractivity contribution in [1.82, 2.24) is 9.88 Å². The first-order valence-corrected chi connectivity index (χ1v) is 8.68. The fourth-order valence-electron chi connectivity index (χ4n) is 2.50. The van der Waals surface area contributed by atoms with E-state index in [0.29, 0.717) is 10.1 Å². The van der Waals surface area contributed by atoms with E-state index in [2.05, 4.69) is 10.3 Å². The summed E-state index contributed by atoms with van der Waals surface area (Å²) in [5.74, 6) is -0.117. The van der Waals surface area contributed by atoms with Gasteiger partial charge in [0.25, 0.3) is 5.91 Å². The molecule has 4 nitrogen and oxygen atoms in total. The summed E-state index contributed by atoms with van der Waals surface area (Å²) in [6, 6.07) is 21.6. The summed E-state index contributed by atoms with van der Waals surface area (Å²) >= 11 is 1.36. The Morgan fingerprint density at radius 2 is 1.64 bits per heavy atom. The number of nitrogens with zero attached hydrogens (tertiary/aromatic N) is 2. The molecule has 25 heavy (non-hydrogen) atoms. The van der Waals surface area contributed by atoms with Gasteiger partial charge in [-0.2, -0.15) is 0 Å². The number of carbonyl (C=O) groups is 1. The summed E-state index contributed by atoms with van der Waals surface area (Å²) in [7, 11) is 0. The molecule has 0 spiro atoms. The van der Waals surface area contributed by atoms with Crippen molar-refractivity contribution >= 4 is 34.6 Å². The number of hydrogen-bond acceptors (Lipinski definition) is 3. The predicted octanol–water partition coefficient (Wildman–Crippen LogP) is 4.37. The van der Waals surface area contributed by atoms with Gasteiger partial charge in [-0.15, -0.1) is 0 Å². The smallest absolute Gasteiger partial charge is 0.264 e. The van der Waals surface area contributed by atoms with E-state index in [1.54, 1.807) is 0 Å². The molecule has 122 valence electrons. The minimum atomic E-state index is -0.117. The summed E-state index contributed by atoms with van der Waals surface area (Å²) in [4.78, 5) is 17.2. The highest BCUT2D eigenvalue weighted by atomic mass is 32.2. The number of amides is 1. The minimum absolute atomic E-state index is 0.117. The maximum atomic E-state index is 12.1. The molecule has 1 fully saturated rings. The number of para-hydroxylation sites is 1. The van der Waals surface area contributed by atoms with Crippen LogP contribution in [0.25, 0.3) is 11.8 Å². The fraction of sp³-hybridized carbons (Fsp3) is 0. The van der Waals surface area contributed by atoms with Gasteiger partial charge in [0.15, 0.2) is 5.17 Å². The van der Waals surface area contributed by atoms with Crippen LogP contribution in [-0.2, 0) is 4.79 Å². The normalized spacial score (nSPS) is 17.2. The largest absolute Gasteiger partial charge is 0.324 e. The van der Waals surface area contributed by atoms with Crippen molar-refractivity contribution in [3.05, 3.63) is 89.6 Å². The predicted molar refractivity (Wildman–Crippen MR) is 103 cm³/mol. The van der Waals surface area contributed by atoms with E-state index < -0.39 is 0 Å². The first kappa shape index (κ1) is 15.5. The minimum Gasteiger partial charge on any atom is -0.324 e. The monoisotopic (exact) mass is 345 g/mol. The molecule has 0 atom stereocenters. The SMILES string of the molecule is O=C1NC(=Nc2ccccc2)S/C1=C\c1ccc(-n2cccc2)cc1. The van der Waals surface area contributed by atoms with Crippen LogP contribution < -0.4 is 5.32 Å². The van der Waals surface area contributed by atoms with Crippen LogP contribution in [0.4, 0.5) is 5.69 Å². The zero-order chi connectivity index (χ0) is 17.1. The Kier molecular flexibility index (Phi) is 4.23. The van der Waals surface area contributed by atoms with Crippen LogP contribution in [0, 0.1) is 0 Å². The second-order valence-corrected chi connectivity index (χ2v) is 6.53. The molecule has 0 radical (unpaired) electrons. The van der Waals surface area contributed by atoms with Gasteiger partial charge < -0.3 is 9.88 Å². The third-order valence-corrected chi connectivity index (χ3v) is 4.64. The summed E-state index contributed by atoms with van der Waals surface area (Å²) in [5.41, 5.74) is 2.89. The number of nitrogens with one attached hydrogen (secondary N) is 1. The molecule has 5 heteroatoms. The van der Waals surface area contributed by atoms with Gasteiger partial charge in [0.05, 0.1) is 10.6 Å².